The maximum atomic E-state index is 12.6. The van der Waals surface area contributed by atoms with Gasteiger partial charge >= 0.3 is 5.97 Å². The van der Waals surface area contributed by atoms with E-state index in [1.807, 2.05) is 6.92 Å². The number of aliphatic hydroxyl groups is 2. The number of fused-ring (bicyclic) bond motifs is 7. The van der Waals surface area contributed by atoms with Crippen LogP contribution in [0.25, 0.3) is 0 Å². The largest absolute Gasteiger partial charge is 0.481 e. The van der Waals surface area contributed by atoms with Crippen LogP contribution in [0.15, 0.2) is 23.8 Å². The highest BCUT2D eigenvalue weighted by Gasteiger charge is 2.70. The van der Waals surface area contributed by atoms with Gasteiger partial charge in [0.1, 0.15) is 6.29 Å². The zero-order valence-electron chi connectivity index (χ0n) is 21.3. The molecule has 5 nitrogen and oxygen atoms in total. The fourth-order valence-electron chi connectivity index (χ4n) is 10.2. The Morgan fingerprint density at radius 1 is 1.09 bits per heavy atom. The second kappa shape index (κ2) is 7.29. The molecule has 0 aromatic heterocycles. The predicted molar refractivity (Wildman–Crippen MR) is 130 cm³/mol. The molecule has 0 spiro atoms. The van der Waals surface area contributed by atoms with Gasteiger partial charge in [-0.15, -0.1) is 0 Å². The van der Waals surface area contributed by atoms with Crippen molar-refractivity contribution in [3.05, 3.63) is 23.8 Å². The van der Waals surface area contributed by atoms with Crippen molar-refractivity contribution in [2.24, 2.45) is 44.8 Å². The molecule has 5 aliphatic carbocycles. The Morgan fingerprint density at radius 3 is 2.44 bits per heavy atom. The summed E-state index contributed by atoms with van der Waals surface area (Å²) in [6.07, 6.45) is 8.25. The van der Waals surface area contributed by atoms with E-state index in [-0.39, 0.29) is 34.0 Å². The summed E-state index contributed by atoms with van der Waals surface area (Å²) in [7, 11) is 0. The Bertz CT molecular complexity index is 970. The standard InChI is InChI=1S/C29H42O5/c1-17-8-11-29(24(33)34)13-12-27(4)18(19(29)14-17)6-7-22-25(2)15-20(31)23(32)26(3,16-30)21(25)9-10-28(22,27)5/h6,16,19-23,31-32H,1,7-15H2,2-5H3,(H,33,34)/t19?,20-,21?,22?,23+,25+,26+,27-,28-,29+/m1/s1. The van der Waals surface area contributed by atoms with Crippen molar-refractivity contribution in [3.8, 4) is 0 Å². The van der Waals surface area contributed by atoms with Crippen LogP contribution in [-0.2, 0) is 9.59 Å². The molecule has 3 unspecified atom stereocenters. The summed E-state index contributed by atoms with van der Waals surface area (Å²) in [5.74, 6) is -0.365. The van der Waals surface area contributed by atoms with E-state index in [0.29, 0.717) is 19.3 Å². The molecule has 5 aliphatic rings. The zero-order chi connectivity index (χ0) is 24.9. The number of carbonyl (C=O) groups is 2. The van der Waals surface area contributed by atoms with Crippen molar-refractivity contribution in [3.63, 3.8) is 0 Å². The van der Waals surface area contributed by atoms with Crippen molar-refractivity contribution < 1.29 is 24.9 Å². The summed E-state index contributed by atoms with van der Waals surface area (Å²) in [5.41, 5.74) is 0.409. The molecule has 188 valence electrons. The van der Waals surface area contributed by atoms with Crippen LogP contribution in [0.1, 0.15) is 85.5 Å². The molecule has 5 heteroatoms. The second-order valence-corrected chi connectivity index (χ2v) is 13.5. The van der Waals surface area contributed by atoms with Crippen LogP contribution in [0, 0.1) is 44.8 Å². The minimum absolute atomic E-state index is 0.00677. The minimum Gasteiger partial charge on any atom is -0.481 e. The van der Waals surface area contributed by atoms with Gasteiger partial charge in [-0.1, -0.05) is 51.5 Å². The molecule has 5 rings (SSSR count). The first-order valence-electron chi connectivity index (χ1n) is 13.2. The number of allylic oxidation sites excluding steroid dienone is 3. The first-order valence-corrected chi connectivity index (χ1v) is 13.2. The summed E-state index contributed by atoms with van der Waals surface area (Å²) < 4.78 is 0. The highest BCUT2D eigenvalue weighted by atomic mass is 16.4. The number of carbonyl (C=O) groups excluding carboxylic acids is 1. The summed E-state index contributed by atoms with van der Waals surface area (Å²) in [5, 5.41) is 32.1. The van der Waals surface area contributed by atoms with Gasteiger partial charge in [0, 0.05) is 5.92 Å². The first-order chi connectivity index (χ1) is 15.8. The highest BCUT2D eigenvalue weighted by molar-refractivity contribution is 5.77. The van der Waals surface area contributed by atoms with Gasteiger partial charge in [0.05, 0.1) is 23.0 Å². The van der Waals surface area contributed by atoms with E-state index in [1.165, 1.54) is 11.1 Å². The number of hydrogen-bond acceptors (Lipinski definition) is 4. The number of hydrogen-bond donors (Lipinski definition) is 3. The van der Waals surface area contributed by atoms with Gasteiger partial charge in [-0.05, 0) is 85.9 Å². The topological polar surface area (TPSA) is 94.8 Å². The van der Waals surface area contributed by atoms with Gasteiger partial charge in [-0.2, -0.15) is 0 Å². The lowest BCUT2D eigenvalue weighted by atomic mass is 9.33. The molecule has 0 aliphatic heterocycles. The van der Waals surface area contributed by atoms with E-state index in [4.69, 9.17) is 0 Å². The Kier molecular flexibility index (Phi) is 5.20. The molecular weight excluding hydrogens is 428 g/mol. The minimum atomic E-state index is -1.03. The Labute approximate surface area is 203 Å². The molecule has 0 radical (unpaired) electrons. The van der Waals surface area contributed by atoms with Crippen molar-refractivity contribution in [2.45, 2.75) is 97.7 Å². The van der Waals surface area contributed by atoms with Crippen molar-refractivity contribution in [1.82, 2.24) is 0 Å². The monoisotopic (exact) mass is 470 g/mol. The van der Waals surface area contributed by atoms with Crippen LogP contribution in [-0.4, -0.2) is 39.8 Å². The molecule has 0 aromatic carbocycles. The molecular formula is C29H42O5. The van der Waals surface area contributed by atoms with Gasteiger partial charge in [0.2, 0.25) is 0 Å². The normalized spacial score (nSPS) is 54.6. The van der Waals surface area contributed by atoms with Crippen LogP contribution in [0.4, 0.5) is 0 Å². The van der Waals surface area contributed by atoms with Crippen molar-refractivity contribution in [1.29, 1.82) is 0 Å². The van der Waals surface area contributed by atoms with Crippen molar-refractivity contribution in [2.75, 3.05) is 0 Å². The molecule has 0 heterocycles. The summed E-state index contributed by atoms with van der Waals surface area (Å²) >= 11 is 0. The third-order valence-corrected chi connectivity index (χ3v) is 12.4. The molecule has 10 atom stereocenters. The number of aldehydes is 1. The van der Waals surface area contributed by atoms with E-state index >= 15 is 0 Å². The summed E-state index contributed by atoms with van der Waals surface area (Å²) in [4.78, 5) is 24.9. The van der Waals surface area contributed by atoms with Gasteiger partial charge in [-0.3, -0.25) is 4.79 Å². The zero-order valence-corrected chi connectivity index (χ0v) is 21.3. The number of aliphatic hydroxyl groups excluding tert-OH is 2. The van der Waals surface area contributed by atoms with E-state index in [0.717, 1.165) is 44.8 Å². The average Bonchev–Trinajstić information content (AvgIpc) is 2.77. The Morgan fingerprint density at radius 2 is 1.79 bits per heavy atom. The van der Waals surface area contributed by atoms with Crippen LogP contribution in [0.3, 0.4) is 0 Å². The van der Waals surface area contributed by atoms with Gasteiger partial charge < -0.3 is 20.1 Å². The summed E-state index contributed by atoms with van der Waals surface area (Å²) in [6.45, 7) is 13.1. The SMILES string of the molecule is C=C1CC[C@]2(C(=O)O)CC[C@]3(C)C(=CCC4[C@@]5(C)C[C@@H](O)[C@H](O)[C@@](C)(C=O)C5CC[C@]43C)C2C1. The lowest BCUT2D eigenvalue weighted by molar-refractivity contribution is -0.227. The van der Waals surface area contributed by atoms with Gasteiger partial charge in [0.15, 0.2) is 0 Å². The number of aliphatic carboxylic acids is 1. The van der Waals surface area contributed by atoms with E-state index < -0.39 is 29.0 Å². The maximum Gasteiger partial charge on any atom is 0.310 e. The first kappa shape index (κ1) is 24.2. The van der Waals surface area contributed by atoms with Crippen LogP contribution in [0.2, 0.25) is 0 Å². The third kappa shape index (κ3) is 2.69. The van der Waals surface area contributed by atoms with Crippen LogP contribution >= 0.6 is 0 Å². The second-order valence-electron chi connectivity index (χ2n) is 13.5. The van der Waals surface area contributed by atoms with Gasteiger partial charge in [0.25, 0.3) is 0 Å². The molecule has 0 saturated heterocycles. The quantitative estimate of drug-likeness (QED) is 0.394. The Balaban J connectivity index is 1.61. The van der Waals surface area contributed by atoms with Crippen molar-refractivity contribution >= 4 is 12.3 Å². The third-order valence-electron chi connectivity index (χ3n) is 12.4. The number of rotatable bonds is 2. The number of carboxylic acids is 1. The molecule has 0 aromatic rings. The summed E-state index contributed by atoms with van der Waals surface area (Å²) in [6, 6.07) is 0. The Hall–Kier alpha value is -1.46. The molecule has 4 saturated carbocycles. The van der Waals surface area contributed by atoms with E-state index in [9.17, 15) is 24.9 Å². The molecule has 4 fully saturated rings. The maximum absolute atomic E-state index is 12.6. The smallest absolute Gasteiger partial charge is 0.310 e. The highest BCUT2D eigenvalue weighted by Crippen LogP contribution is 2.75. The molecule has 34 heavy (non-hydrogen) atoms. The molecule has 0 amide bonds. The number of carboxylic acid groups (broad SMARTS) is 1. The van der Waals surface area contributed by atoms with E-state index in [1.54, 1.807) is 0 Å². The fraction of sp³-hybridized carbons (Fsp3) is 0.793. The molecule has 0 bridgehead atoms. The van der Waals surface area contributed by atoms with Gasteiger partial charge in [-0.25, -0.2) is 0 Å². The molecule has 3 N–H and O–H groups in total. The van der Waals surface area contributed by atoms with E-state index in [2.05, 4.69) is 33.4 Å². The van der Waals surface area contributed by atoms with Crippen LogP contribution < -0.4 is 0 Å². The van der Waals surface area contributed by atoms with Crippen LogP contribution in [0.5, 0.6) is 0 Å². The average molecular weight is 471 g/mol. The fourth-order valence-corrected chi connectivity index (χ4v) is 10.2. The lowest BCUT2D eigenvalue weighted by Gasteiger charge is -2.70. The predicted octanol–water partition coefficient (Wildman–Crippen LogP) is 4.91. The lowest BCUT2D eigenvalue weighted by Crippen LogP contribution is -2.67.